The van der Waals surface area contributed by atoms with E-state index in [1.807, 2.05) is 31.2 Å². The summed E-state index contributed by atoms with van der Waals surface area (Å²) in [6.07, 6.45) is 0. The summed E-state index contributed by atoms with van der Waals surface area (Å²) in [5.41, 5.74) is 9.76. The summed E-state index contributed by atoms with van der Waals surface area (Å²) < 4.78 is 12.4. The first-order chi connectivity index (χ1) is 10.1. The number of furan rings is 1. The minimum atomic E-state index is 0.434. The van der Waals surface area contributed by atoms with Crippen molar-refractivity contribution in [2.75, 3.05) is 5.73 Å². The lowest BCUT2D eigenvalue weighted by Gasteiger charge is -1.93. The molecule has 0 fully saturated rings. The number of hydrogen-bond acceptors (Lipinski definition) is 4. The molecule has 0 saturated carbocycles. The van der Waals surface area contributed by atoms with Gasteiger partial charge in [-0.2, -0.15) is 0 Å². The Hall–Kier alpha value is -2.27. The molecule has 2 aromatic carbocycles. The highest BCUT2D eigenvalue weighted by molar-refractivity contribution is 9.10. The monoisotopic (exact) mass is 342 g/mol. The van der Waals surface area contributed by atoms with Gasteiger partial charge in [-0.1, -0.05) is 27.6 Å². The Balaban J connectivity index is 1.93. The van der Waals surface area contributed by atoms with Crippen LogP contribution in [0.4, 0.5) is 5.69 Å². The Bertz CT molecular complexity index is 985. The predicted molar refractivity (Wildman–Crippen MR) is 86.1 cm³/mol. The Morgan fingerprint density at radius 1 is 1.10 bits per heavy atom. The molecule has 0 aliphatic heterocycles. The molecule has 4 aromatic rings. The van der Waals surface area contributed by atoms with Gasteiger partial charge in [0, 0.05) is 9.86 Å². The number of halogens is 1. The van der Waals surface area contributed by atoms with Crippen LogP contribution in [0.5, 0.6) is 0 Å². The van der Waals surface area contributed by atoms with E-state index >= 15 is 0 Å². The highest BCUT2D eigenvalue weighted by atomic mass is 79.9. The molecule has 0 unspecified atom stereocenters. The molecule has 0 bridgehead atoms. The van der Waals surface area contributed by atoms with Crippen LogP contribution >= 0.6 is 15.9 Å². The fraction of sp³-hybridized carbons (Fsp3) is 0.0625. The number of nitrogens with zero attached hydrogens (tertiary/aromatic N) is 1. The molecule has 0 amide bonds. The van der Waals surface area contributed by atoms with Gasteiger partial charge in [0.25, 0.3) is 5.89 Å². The molecular formula is C16H11BrN2O2. The summed E-state index contributed by atoms with van der Waals surface area (Å²) in [4.78, 5) is 4.45. The number of hydrogen-bond donors (Lipinski definition) is 1. The molecule has 0 aliphatic rings. The van der Waals surface area contributed by atoms with Gasteiger partial charge in [-0.25, -0.2) is 4.98 Å². The molecule has 2 aromatic heterocycles. The summed E-state index contributed by atoms with van der Waals surface area (Å²) in [6.45, 7) is 2.05. The number of nitrogens with two attached hydrogens (primary N) is 1. The molecule has 104 valence electrons. The number of aryl methyl sites for hydroxylation is 1. The first-order valence-electron chi connectivity index (χ1n) is 6.46. The smallest absolute Gasteiger partial charge is 0.264 e. The minimum Gasteiger partial charge on any atom is -0.451 e. The number of nitrogen functional groups attached to an aromatic ring is 1. The van der Waals surface area contributed by atoms with Crippen molar-refractivity contribution >= 4 is 43.7 Å². The van der Waals surface area contributed by atoms with Crippen molar-refractivity contribution in [2.45, 2.75) is 6.92 Å². The molecule has 5 heteroatoms. The highest BCUT2D eigenvalue weighted by Gasteiger charge is 2.15. The van der Waals surface area contributed by atoms with Crippen LogP contribution in [0.3, 0.4) is 0 Å². The van der Waals surface area contributed by atoms with Crippen LogP contribution in [-0.4, -0.2) is 4.98 Å². The van der Waals surface area contributed by atoms with Gasteiger partial charge < -0.3 is 14.6 Å². The van der Waals surface area contributed by atoms with Gasteiger partial charge in [0.15, 0.2) is 11.3 Å². The maximum atomic E-state index is 5.95. The van der Waals surface area contributed by atoms with E-state index in [1.54, 1.807) is 6.07 Å². The molecule has 0 atom stereocenters. The number of aromatic nitrogens is 1. The lowest BCUT2D eigenvalue weighted by atomic mass is 10.2. The molecule has 4 nitrogen and oxygen atoms in total. The highest BCUT2D eigenvalue weighted by Crippen LogP contribution is 2.33. The van der Waals surface area contributed by atoms with Crippen LogP contribution in [0.25, 0.3) is 33.7 Å². The second-order valence-corrected chi connectivity index (χ2v) is 5.93. The molecular weight excluding hydrogens is 332 g/mol. The Kier molecular flexibility index (Phi) is 2.59. The normalized spacial score (nSPS) is 11.5. The molecule has 0 spiro atoms. The first-order valence-corrected chi connectivity index (χ1v) is 7.25. The van der Waals surface area contributed by atoms with Crippen molar-refractivity contribution in [1.82, 2.24) is 4.98 Å². The van der Waals surface area contributed by atoms with Crippen LogP contribution < -0.4 is 5.73 Å². The topological polar surface area (TPSA) is 65.2 Å². The summed E-state index contributed by atoms with van der Waals surface area (Å²) >= 11 is 3.40. The fourth-order valence-corrected chi connectivity index (χ4v) is 2.86. The van der Waals surface area contributed by atoms with Gasteiger partial charge >= 0.3 is 0 Å². The minimum absolute atomic E-state index is 0.434. The first kappa shape index (κ1) is 12.5. The van der Waals surface area contributed by atoms with E-state index in [1.165, 1.54) is 5.56 Å². The maximum Gasteiger partial charge on any atom is 0.264 e. The van der Waals surface area contributed by atoms with Crippen molar-refractivity contribution in [1.29, 1.82) is 0 Å². The van der Waals surface area contributed by atoms with Crippen LogP contribution in [0.2, 0.25) is 0 Å². The average Bonchev–Trinajstić information content (AvgIpc) is 3.01. The number of oxazole rings is 1. The SMILES string of the molecule is Cc1ccc2oc(-c3nc4cc(Br)cc(N)c4o3)cc2c1. The lowest BCUT2D eigenvalue weighted by Crippen LogP contribution is -1.84. The van der Waals surface area contributed by atoms with E-state index in [2.05, 4.69) is 27.0 Å². The van der Waals surface area contributed by atoms with Gasteiger partial charge in [0.05, 0.1) is 5.69 Å². The summed E-state index contributed by atoms with van der Waals surface area (Å²) in [6, 6.07) is 11.6. The third kappa shape index (κ3) is 2.01. The Morgan fingerprint density at radius 3 is 2.81 bits per heavy atom. The van der Waals surface area contributed by atoms with E-state index < -0.39 is 0 Å². The summed E-state index contributed by atoms with van der Waals surface area (Å²) in [5.74, 6) is 1.03. The molecule has 21 heavy (non-hydrogen) atoms. The van der Waals surface area contributed by atoms with Gasteiger partial charge in [0.2, 0.25) is 0 Å². The summed E-state index contributed by atoms with van der Waals surface area (Å²) in [5, 5.41) is 1.03. The quantitative estimate of drug-likeness (QED) is 0.500. The average molecular weight is 343 g/mol. The van der Waals surface area contributed by atoms with Crippen molar-refractivity contribution in [3.63, 3.8) is 0 Å². The summed E-state index contributed by atoms with van der Waals surface area (Å²) in [7, 11) is 0. The second kappa shape index (κ2) is 4.36. The molecule has 0 saturated heterocycles. The van der Waals surface area contributed by atoms with Gasteiger partial charge in [-0.05, 0) is 37.3 Å². The van der Waals surface area contributed by atoms with E-state index in [-0.39, 0.29) is 0 Å². The molecule has 0 radical (unpaired) electrons. The molecule has 2 heterocycles. The van der Waals surface area contributed by atoms with Crippen LogP contribution in [0, 0.1) is 6.92 Å². The van der Waals surface area contributed by atoms with E-state index in [4.69, 9.17) is 14.6 Å². The van der Waals surface area contributed by atoms with E-state index in [0.717, 1.165) is 15.4 Å². The number of benzene rings is 2. The molecule has 0 aliphatic carbocycles. The molecule has 4 rings (SSSR count). The zero-order valence-electron chi connectivity index (χ0n) is 11.2. The van der Waals surface area contributed by atoms with Crippen LogP contribution in [0.1, 0.15) is 5.56 Å². The number of anilines is 1. The third-order valence-electron chi connectivity index (χ3n) is 3.37. The van der Waals surface area contributed by atoms with Crippen molar-refractivity contribution < 1.29 is 8.83 Å². The fourth-order valence-electron chi connectivity index (χ4n) is 2.40. The Labute approximate surface area is 128 Å². The standard InChI is InChI=1S/C16H11BrN2O2/c1-8-2-3-13-9(4-8)5-14(20-13)16-19-12-7-10(17)6-11(18)15(12)21-16/h2-7H,18H2,1H3. The Morgan fingerprint density at radius 2 is 1.95 bits per heavy atom. The predicted octanol–water partition coefficient (Wildman–Crippen LogP) is 4.89. The second-order valence-electron chi connectivity index (χ2n) is 5.01. The van der Waals surface area contributed by atoms with Gasteiger partial charge in [-0.3, -0.25) is 0 Å². The van der Waals surface area contributed by atoms with Crippen LogP contribution in [-0.2, 0) is 0 Å². The third-order valence-corrected chi connectivity index (χ3v) is 3.82. The van der Waals surface area contributed by atoms with E-state index in [9.17, 15) is 0 Å². The zero-order chi connectivity index (χ0) is 14.6. The van der Waals surface area contributed by atoms with Crippen molar-refractivity contribution in [2.24, 2.45) is 0 Å². The number of rotatable bonds is 1. The van der Waals surface area contributed by atoms with Crippen molar-refractivity contribution in [3.05, 3.63) is 46.4 Å². The lowest BCUT2D eigenvalue weighted by molar-refractivity contribution is 0.560. The largest absolute Gasteiger partial charge is 0.451 e. The van der Waals surface area contributed by atoms with Gasteiger partial charge in [-0.15, -0.1) is 0 Å². The maximum absolute atomic E-state index is 5.95. The molecule has 2 N–H and O–H groups in total. The zero-order valence-corrected chi connectivity index (χ0v) is 12.8. The van der Waals surface area contributed by atoms with Gasteiger partial charge in [0.1, 0.15) is 11.1 Å². The van der Waals surface area contributed by atoms with Crippen molar-refractivity contribution in [3.8, 4) is 11.7 Å². The van der Waals surface area contributed by atoms with Crippen LogP contribution in [0.15, 0.2) is 49.7 Å². The number of fused-ring (bicyclic) bond motifs is 2. The van der Waals surface area contributed by atoms with E-state index in [0.29, 0.717) is 28.4 Å².